The summed E-state index contributed by atoms with van der Waals surface area (Å²) in [6.07, 6.45) is 5.84. The maximum absolute atomic E-state index is 11.4. The number of likely N-dealkylation sites (tertiary alicyclic amines) is 1. The molecule has 3 unspecified atom stereocenters. The van der Waals surface area contributed by atoms with Crippen LogP contribution in [0.3, 0.4) is 0 Å². The van der Waals surface area contributed by atoms with Gasteiger partial charge in [0, 0.05) is 12.6 Å². The van der Waals surface area contributed by atoms with Crippen LogP contribution < -0.4 is 5.73 Å². The molecule has 2 aliphatic rings. The van der Waals surface area contributed by atoms with E-state index < -0.39 is 5.54 Å². The Labute approximate surface area is 103 Å². The number of rotatable bonds is 5. The number of carbonyl (C=O) groups is 1. The molecule has 1 heterocycles. The van der Waals surface area contributed by atoms with Crippen molar-refractivity contribution < 1.29 is 9.53 Å². The summed E-state index contributed by atoms with van der Waals surface area (Å²) in [4.78, 5) is 14.0. The Balaban J connectivity index is 1.71. The third-order valence-electron chi connectivity index (χ3n) is 4.32. The minimum Gasteiger partial charge on any atom is -0.468 e. The minimum atomic E-state index is -0.826. The highest BCUT2D eigenvalue weighted by Crippen LogP contribution is 2.37. The monoisotopic (exact) mass is 240 g/mol. The fourth-order valence-corrected chi connectivity index (χ4v) is 3.29. The lowest BCUT2D eigenvalue weighted by molar-refractivity contribution is -0.146. The average Bonchev–Trinajstić information content (AvgIpc) is 2.89. The molecule has 2 bridgehead atoms. The number of nitrogens with zero attached hydrogens (tertiary/aromatic N) is 1. The SMILES string of the molecule is COC(=O)C(C)(N)CCCN1CC2CCC1C2. The van der Waals surface area contributed by atoms with Gasteiger partial charge in [0.1, 0.15) is 5.54 Å². The minimum absolute atomic E-state index is 0.305. The Bertz CT molecular complexity index is 291. The van der Waals surface area contributed by atoms with Gasteiger partial charge in [-0.05, 0) is 51.5 Å². The van der Waals surface area contributed by atoms with Crippen molar-refractivity contribution in [2.45, 2.75) is 50.6 Å². The number of hydrogen-bond donors (Lipinski definition) is 1. The van der Waals surface area contributed by atoms with E-state index in [0.717, 1.165) is 24.9 Å². The molecule has 1 saturated heterocycles. The standard InChI is InChI=1S/C13H24N2O2/c1-13(14,12(16)17-2)6-3-7-15-9-10-4-5-11(15)8-10/h10-11H,3-9,14H2,1-2H3. The van der Waals surface area contributed by atoms with E-state index in [2.05, 4.69) is 4.90 Å². The molecular weight excluding hydrogens is 216 g/mol. The first-order chi connectivity index (χ1) is 8.03. The Morgan fingerprint density at radius 3 is 2.82 bits per heavy atom. The molecule has 0 aromatic heterocycles. The van der Waals surface area contributed by atoms with Crippen LogP contribution >= 0.6 is 0 Å². The molecule has 98 valence electrons. The van der Waals surface area contributed by atoms with E-state index in [-0.39, 0.29) is 5.97 Å². The largest absolute Gasteiger partial charge is 0.468 e. The van der Waals surface area contributed by atoms with E-state index in [1.165, 1.54) is 32.9 Å². The summed E-state index contributed by atoms with van der Waals surface area (Å²) in [5.74, 6) is 0.630. The molecule has 3 atom stereocenters. The molecule has 4 nitrogen and oxygen atoms in total. The summed E-state index contributed by atoms with van der Waals surface area (Å²) in [7, 11) is 1.40. The van der Waals surface area contributed by atoms with Gasteiger partial charge in [-0.25, -0.2) is 0 Å². The van der Waals surface area contributed by atoms with Crippen LogP contribution in [0.1, 0.15) is 39.0 Å². The molecule has 2 rings (SSSR count). The fraction of sp³-hybridized carbons (Fsp3) is 0.923. The number of ether oxygens (including phenoxy) is 1. The van der Waals surface area contributed by atoms with Gasteiger partial charge in [0.25, 0.3) is 0 Å². The molecule has 2 N–H and O–H groups in total. The highest BCUT2D eigenvalue weighted by Gasteiger charge is 2.37. The van der Waals surface area contributed by atoms with Gasteiger partial charge in [-0.1, -0.05) is 0 Å². The molecule has 17 heavy (non-hydrogen) atoms. The molecule has 0 radical (unpaired) electrons. The molecule has 1 aliphatic heterocycles. The van der Waals surface area contributed by atoms with Gasteiger partial charge < -0.3 is 15.4 Å². The van der Waals surface area contributed by atoms with Gasteiger partial charge in [-0.3, -0.25) is 4.79 Å². The maximum atomic E-state index is 11.4. The van der Waals surface area contributed by atoms with Crippen LogP contribution in [-0.4, -0.2) is 42.6 Å². The van der Waals surface area contributed by atoms with E-state index in [1.807, 2.05) is 0 Å². The van der Waals surface area contributed by atoms with Crippen molar-refractivity contribution in [3.05, 3.63) is 0 Å². The lowest BCUT2D eigenvalue weighted by Gasteiger charge is -2.28. The van der Waals surface area contributed by atoms with Crippen molar-refractivity contribution in [2.75, 3.05) is 20.2 Å². The average molecular weight is 240 g/mol. The smallest absolute Gasteiger partial charge is 0.325 e. The van der Waals surface area contributed by atoms with Crippen molar-refractivity contribution in [3.63, 3.8) is 0 Å². The van der Waals surface area contributed by atoms with Crippen LogP contribution in [0.5, 0.6) is 0 Å². The topological polar surface area (TPSA) is 55.6 Å². The predicted octanol–water partition coefficient (Wildman–Crippen LogP) is 1.14. The zero-order valence-electron chi connectivity index (χ0n) is 10.9. The lowest BCUT2D eigenvalue weighted by atomic mass is 9.97. The normalized spacial score (nSPS) is 31.5. The number of hydrogen-bond acceptors (Lipinski definition) is 4. The Kier molecular flexibility index (Phi) is 3.73. The Morgan fingerprint density at radius 2 is 2.29 bits per heavy atom. The number of carbonyl (C=O) groups excluding carboxylic acids is 1. The van der Waals surface area contributed by atoms with Gasteiger partial charge in [-0.15, -0.1) is 0 Å². The lowest BCUT2D eigenvalue weighted by Crippen LogP contribution is -2.46. The van der Waals surface area contributed by atoms with Crippen LogP contribution in [0.2, 0.25) is 0 Å². The van der Waals surface area contributed by atoms with Crippen molar-refractivity contribution >= 4 is 5.97 Å². The summed E-state index contributed by atoms with van der Waals surface area (Å²) in [6.45, 7) is 4.09. The zero-order valence-corrected chi connectivity index (χ0v) is 10.9. The first-order valence-electron chi connectivity index (χ1n) is 6.64. The van der Waals surface area contributed by atoms with Crippen LogP contribution in [0.15, 0.2) is 0 Å². The molecule has 0 spiro atoms. The Morgan fingerprint density at radius 1 is 1.53 bits per heavy atom. The van der Waals surface area contributed by atoms with E-state index in [9.17, 15) is 4.79 Å². The third-order valence-corrected chi connectivity index (χ3v) is 4.32. The van der Waals surface area contributed by atoms with Gasteiger partial charge in [0.15, 0.2) is 0 Å². The van der Waals surface area contributed by atoms with Gasteiger partial charge in [-0.2, -0.15) is 0 Å². The quantitative estimate of drug-likeness (QED) is 0.732. The van der Waals surface area contributed by atoms with Crippen LogP contribution in [0.4, 0.5) is 0 Å². The number of methoxy groups -OCH3 is 1. The molecule has 2 fully saturated rings. The van der Waals surface area contributed by atoms with Crippen molar-refractivity contribution in [3.8, 4) is 0 Å². The maximum Gasteiger partial charge on any atom is 0.325 e. The van der Waals surface area contributed by atoms with Gasteiger partial charge >= 0.3 is 5.97 Å². The highest BCUT2D eigenvalue weighted by molar-refractivity contribution is 5.79. The molecule has 4 heteroatoms. The number of nitrogens with two attached hydrogens (primary N) is 1. The summed E-state index contributed by atoms with van der Waals surface area (Å²) in [5.41, 5.74) is 5.11. The molecule has 0 amide bonds. The van der Waals surface area contributed by atoms with Crippen molar-refractivity contribution in [1.29, 1.82) is 0 Å². The van der Waals surface area contributed by atoms with E-state index in [1.54, 1.807) is 6.92 Å². The summed E-state index contributed by atoms with van der Waals surface area (Å²) >= 11 is 0. The first kappa shape index (κ1) is 12.8. The zero-order chi connectivity index (χ0) is 12.5. The van der Waals surface area contributed by atoms with E-state index in [4.69, 9.17) is 10.5 Å². The Hall–Kier alpha value is -0.610. The summed E-state index contributed by atoms with van der Waals surface area (Å²) in [5, 5.41) is 0. The molecule has 1 saturated carbocycles. The third kappa shape index (κ3) is 2.80. The number of piperidine rings is 1. The van der Waals surface area contributed by atoms with Crippen LogP contribution in [0, 0.1) is 5.92 Å². The second-order valence-electron chi connectivity index (χ2n) is 5.84. The molecule has 1 aliphatic carbocycles. The van der Waals surface area contributed by atoms with Crippen molar-refractivity contribution in [1.82, 2.24) is 4.90 Å². The molecular formula is C13H24N2O2. The number of esters is 1. The second kappa shape index (κ2) is 4.94. The summed E-state index contributed by atoms with van der Waals surface area (Å²) < 4.78 is 4.71. The fourth-order valence-electron chi connectivity index (χ4n) is 3.29. The predicted molar refractivity (Wildman–Crippen MR) is 66.5 cm³/mol. The summed E-state index contributed by atoms with van der Waals surface area (Å²) in [6, 6.07) is 0.808. The van der Waals surface area contributed by atoms with Crippen LogP contribution in [-0.2, 0) is 9.53 Å². The molecule has 0 aromatic carbocycles. The van der Waals surface area contributed by atoms with Gasteiger partial charge in [0.2, 0.25) is 0 Å². The number of fused-ring (bicyclic) bond motifs is 2. The van der Waals surface area contributed by atoms with Crippen LogP contribution in [0.25, 0.3) is 0 Å². The first-order valence-corrected chi connectivity index (χ1v) is 6.64. The highest BCUT2D eigenvalue weighted by atomic mass is 16.5. The van der Waals surface area contributed by atoms with E-state index in [0.29, 0.717) is 6.42 Å². The molecule has 0 aromatic rings. The van der Waals surface area contributed by atoms with Gasteiger partial charge in [0.05, 0.1) is 7.11 Å². The second-order valence-corrected chi connectivity index (χ2v) is 5.84. The van der Waals surface area contributed by atoms with E-state index >= 15 is 0 Å². The van der Waals surface area contributed by atoms with Crippen molar-refractivity contribution in [2.24, 2.45) is 11.7 Å².